The van der Waals surface area contributed by atoms with Crippen molar-refractivity contribution >= 4 is 68.0 Å². The number of nitrogens with zero attached hydrogens (tertiary/aromatic N) is 1. The predicted molar refractivity (Wildman–Crippen MR) is 127 cm³/mol. The first kappa shape index (κ1) is 23.0. The van der Waals surface area contributed by atoms with E-state index >= 15 is 0 Å². The van der Waals surface area contributed by atoms with Crippen LogP contribution in [0.2, 0.25) is 0 Å². The molecule has 1 aliphatic heterocycles. The quantitative estimate of drug-likeness (QED) is 0.345. The lowest BCUT2D eigenvalue weighted by atomic mass is 10.2. The van der Waals surface area contributed by atoms with Crippen molar-refractivity contribution in [3.63, 3.8) is 0 Å². The Hall–Kier alpha value is -2.69. The van der Waals surface area contributed by atoms with Gasteiger partial charge in [-0.25, -0.2) is 0 Å². The Morgan fingerprint density at radius 1 is 1.19 bits per heavy atom. The van der Waals surface area contributed by atoms with E-state index in [0.717, 1.165) is 10.0 Å². The van der Waals surface area contributed by atoms with Crippen molar-refractivity contribution in [2.75, 3.05) is 13.7 Å². The van der Waals surface area contributed by atoms with Crippen LogP contribution in [-0.2, 0) is 9.59 Å². The standard InChI is InChI=1S/C21H18BrN3O4S2/c1-29-16-8-3-2-7-15(16)19(27)24-23-18(26)9-10-25-20(28)17(31-21(25)30)12-13-5-4-6-14(22)11-13/h2-8,11-12H,9-10H2,1H3,(H,23,26)(H,24,27). The smallest absolute Gasteiger partial charge is 0.273 e. The second-order valence-corrected chi connectivity index (χ2v) is 8.93. The molecule has 7 nitrogen and oxygen atoms in total. The number of methoxy groups -OCH3 is 1. The summed E-state index contributed by atoms with van der Waals surface area (Å²) < 4.78 is 6.42. The van der Waals surface area contributed by atoms with E-state index in [2.05, 4.69) is 26.8 Å². The summed E-state index contributed by atoms with van der Waals surface area (Å²) in [5.74, 6) is -0.813. The molecule has 2 N–H and O–H groups in total. The molecule has 0 aliphatic carbocycles. The van der Waals surface area contributed by atoms with Crippen molar-refractivity contribution in [1.82, 2.24) is 15.8 Å². The number of thiocarbonyl (C=S) groups is 1. The van der Waals surface area contributed by atoms with Gasteiger partial charge in [0.25, 0.3) is 11.8 Å². The normalized spacial score (nSPS) is 14.6. The molecule has 0 unspecified atom stereocenters. The van der Waals surface area contributed by atoms with E-state index in [1.807, 2.05) is 24.3 Å². The fourth-order valence-electron chi connectivity index (χ4n) is 2.74. The highest BCUT2D eigenvalue weighted by Gasteiger charge is 2.32. The molecule has 3 amide bonds. The topological polar surface area (TPSA) is 87.7 Å². The fraction of sp³-hybridized carbons (Fsp3) is 0.143. The number of para-hydroxylation sites is 1. The van der Waals surface area contributed by atoms with E-state index < -0.39 is 11.8 Å². The van der Waals surface area contributed by atoms with E-state index in [-0.39, 0.29) is 18.9 Å². The Morgan fingerprint density at radius 2 is 1.97 bits per heavy atom. The number of hydrogen-bond donors (Lipinski definition) is 2. The van der Waals surface area contributed by atoms with Crippen molar-refractivity contribution in [3.05, 3.63) is 69.0 Å². The molecule has 1 heterocycles. The molecule has 0 bridgehead atoms. The van der Waals surface area contributed by atoms with Crippen LogP contribution in [0.1, 0.15) is 22.3 Å². The first-order valence-corrected chi connectivity index (χ1v) is 11.1. The second kappa shape index (κ2) is 10.6. The minimum absolute atomic E-state index is 0.0250. The van der Waals surface area contributed by atoms with Gasteiger partial charge in [-0.1, -0.05) is 64.2 Å². The predicted octanol–water partition coefficient (Wildman–Crippen LogP) is 3.51. The number of rotatable bonds is 6. The van der Waals surface area contributed by atoms with Crippen molar-refractivity contribution < 1.29 is 19.1 Å². The largest absolute Gasteiger partial charge is 0.496 e. The summed E-state index contributed by atoms with van der Waals surface area (Å²) in [4.78, 5) is 38.9. The SMILES string of the molecule is COc1ccccc1C(=O)NNC(=O)CCN1C(=O)C(=Cc2cccc(Br)c2)SC1=S. The monoisotopic (exact) mass is 519 g/mol. The average Bonchev–Trinajstić information content (AvgIpc) is 3.02. The lowest BCUT2D eigenvalue weighted by Gasteiger charge is -2.14. The molecule has 10 heteroatoms. The van der Waals surface area contributed by atoms with Gasteiger partial charge in [-0.2, -0.15) is 0 Å². The molecule has 0 saturated carbocycles. The summed E-state index contributed by atoms with van der Waals surface area (Å²) in [5, 5.41) is 0. The minimum Gasteiger partial charge on any atom is -0.496 e. The van der Waals surface area contributed by atoms with Crippen LogP contribution in [-0.4, -0.2) is 40.6 Å². The first-order chi connectivity index (χ1) is 14.9. The minimum atomic E-state index is -0.506. The van der Waals surface area contributed by atoms with Gasteiger partial charge in [-0.15, -0.1) is 0 Å². The molecule has 160 valence electrons. The number of ether oxygens (including phenoxy) is 1. The second-order valence-electron chi connectivity index (χ2n) is 6.34. The van der Waals surface area contributed by atoms with Crippen LogP contribution < -0.4 is 15.6 Å². The number of nitrogens with one attached hydrogen (secondary N) is 2. The van der Waals surface area contributed by atoms with Gasteiger partial charge in [0.15, 0.2) is 0 Å². The maximum atomic E-state index is 12.7. The van der Waals surface area contributed by atoms with Gasteiger partial charge < -0.3 is 4.74 Å². The maximum absolute atomic E-state index is 12.7. The van der Waals surface area contributed by atoms with Crippen LogP contribution in [0, 0.1) is 0 Å². The number of hydrogen-bond acceptors (Lipinski definition) is 6. The summed E-state index contributed by atoms with van der Waals surface area (Å²) in [6.45, 7) is 0.108. The number of carbonyl (C=O) groups is 3. The van der Waals surface area contributed by atoms with E-state index in [4.69, 9.17) is 17.0 Å². The Labute approximate surface area is 197 Å². The third-order valence-electron chi connectivity index (χ3n) is 4.25. The van der Waals surface area contributed by atoms with Gasteiger partial charge in [0, 0.05) is 17.4 Å². The Kier molecular flexibility index (Phi) is 7.83. The average molecular weight is 520 g/mol. The number of amides is 3. The van der Waals surface area contributed by atoms with E-state index in [1.54, 1.807) is 30.3 Å². The highest BCUT2D eigenvalue weighted by molar-refractivity contribution is 9.10. The van der Waals surface area contributed by atoms with Crippen molar-refractivity contribution in [1.29, 1.82) is 0 Å². The summed E-state index contributed by atoms with van der Waals surface area (Å²) in [5.41, 5.74) is 5.84. The number of benzene rings is 2. The van der Waals surface area contributed by atoms with Crippen LogP contribution in [0.25, 0.3) is 6.08 Å². The molecule has 1 fully saturated rings. The summed E-state index contributed by atoms with van der Waals surface area (Å²) in [6.07, 6.45) is 1.74. The van der Waals surface area contributed by atoms with Crippen molar-refractivity contribution in [2.45, 2.75) is 6.42 Å². The third-order valence-corrected chi connectivity index (χ3v) is 6.12. The molecule has 3 rings (SSSR count). The number of hydrazine groups is 1. The zero-order chi connectivity index (χ0) is 22.4. The number of halogens is 1. The molecule has 2 aromatic carbocycles. The van der Waals surface area contributed by atoms with Crippen LogP contribution in [0.5, 0.6) is 5.75 Å². The number of thioether (sulfide) groups is 1. The van der Waals surface area contributed by atoms with Crippen LogP contribution in [0.15, 0.2) is 57.9 Å². The van der Waals surface area contributed by atoms with E-state index in [9.17, 15) is 14.4 Å². The summed E-state index contributed by atoms with van der Waals surface area (Å²) >= 11 is 9.88. The Bertz CT molecular complexity index is 1070. The van der Waals surface area contributed by atoms with Crippen LogP contribution >= 0.6 is 39.9 Å². The number of carbonyl (C=O) groups excluding carboxylic acids is 3. The summed E-state index contributed by atoms with van der Waals surface area (Å²) in [7, 11) is 1.46. The first-order valence-electron chi connectivity index (χ1n) is 9.12. The van der Waals surface area contributed by atoms with E-state index in [1.165, 1.54) is 23.8 Å². The fourth-order valence-corrected chi connectivity index (χ4v) is 4.47. The van der Waals surface area contributed by atoms with E-state index in [0.29, 0.717) is 20.5 Å². The van der Waals surface area contributed by atoms with Gasteiger partial charge in [-0.05, 0) is 35.9 Å². The van der Waals surface area contributed by atoms with Gasteiger partial charge in [-0.3, -0.25) is 30.1 Å². The Morgan fingerprint density at radius 3 is 2.71 bits per heavy atom. The molecule has 0 radical (unpaired) electrons. The van der Waals surface area contributed by atoms with Crippen molar-refractivity contribution in [3.8, 4) is 5.75 Å². The van der Waals surface area contributed by atoms with Crippen LogP contribution in [0.3, 0.4) is 0 Å². The molecule has 0 spiro atoms. The van der Waals surface area contributed by atoms with Crippen LogP contribution in [0.4, 0.5) is 0 Å². The lowest BCUT2D eigenvalue weighted by molar-refractivity contribution is -0.124. The highest BCUT2D eigenvalue weighted by atomic mass is 79.9. The maximum Gasteiger partial charge on any atom is 0.273 e. The van der Waals surface area contributed by atoms with Gasteiger partial charge >= 0.3 is 0 Å². The molecular weight excluding hydrogens is 502 g/mol. The van der Waals surface area contributed by atoms with Crippen molar-refractivity contribution in [2.24, 2.45) is 0 Å². The zero-order valence-corrected chi connectivity index (χ0v) is 19.6. The molecule has 2 aromatic rings. The highest BCUT2D eigenvalue weighted by Crippen LogP contribution is 2.32. The Balaban J connectivity index is 1.53. The molecule has 0 aromatic heterocycles. The van der Waals surface area contributed by atoms with Gasteiger partial charge in [0.05, 0.1) is 17.6 Å². The molecule has 1 saturated heterocycles. The van der Waals surface area contributed by atoms with Gasteiger partial charge in [0.2, 0.25) is 5.91 Å². The molecule has 0 atom stereocenters. The lowest BCUT2D eigenvalue weighted by Crippen LogP contribution is -2.43. The molecule has 1 aliphatic rings. The molecular formula is C21H18BrN3O4S2. The third kappa shape index (κ3) is 5.93. The molecule has 31 heavy (non-hydrogen) atoms. The van der Waals surface area contributed by atoms with Gasteiger partial charge in [0.1, 0.15) is 10.1 Å². The summed E-state index contributed by atoms with van der Waals surface area (Å²) in [6, 6.07) is 14.2. The zero-order valence-electron chi connectivity index (χ0n) is 16.4.